The minimum absolute atomic E-state index is 0.249. The number of aliphatic hydroxyl groups is 1. The monoisotopic (exact) mass is 302 g/mol. The quantitative estimate of drug-likeness (QED) is 0.878. The summed E-state index contributed by atoms with van der Waals surface area (Å²) >= 11 is 0. The molecule has 1 aromatic rings. The van der Waals surface area contributed by atoms with Gasteiger partial charge >= 0.3 is 6.18 Å². The Morgan fingerprint density at radius 3 is 2.57 bits per heavy atom. The molecule has 1 atom stereocenters. The number of hydrogen-bond acceptors (Lipinski definition) is 3. The molecule has 21 heavy (non-hydrogen) atoms. The van der Waals surface area contributed by atoms with Gasteiger partial charge in [-0.05, 0) is 50.6 Å². The molecule has 0 amide bonds. The summed E-state index contributed by atoms with van der Waals surface area (Å²) in [6, 6.07) is 3.61. The summed E-state index contributed by atoms with van der Waals surface area (Å²) < 4.78 is 38.1. The Kier molecular flexibility index (Phi) is 5.11. The molecule has 118 valence electrons. The lowest BCUT2D eigenvalue weighted by Gasteiger charge is -2.21. The van der Waals surface area contributed by atoms with E-state index in [1.807, 2.05) is 0 Å². The molecule has 1 aliphatic rings. The lowest BCUT2D eigenvalue weighted by Crippen LogP contribution is -2.34. The average Bonchev–Trinajstić information content (AvgIpc) is 2.89. The Morgan fingerprint density at radius 2 is 1.95 bits per heavy atom. The van der Waals surface area contributed by atoms with E-state index in [0.717, 1.165) is 43.6 Å². The first-order chi connectivity index (χ1) is 9.86. The molecule has 0 aromatic heterocycles. The van der Waals surface area contributed by atoms with Crippen molar-refractivity contribution >= 4 is 5.69 Å². The van der Waals surface area contributed by atoms with Crippen LogP contribution in [-0.4, -0.2) is 42.3 Å². The minimum Gasteiger partial charge on any atom is -0.390 e. The van der Waals surface area contributed by atoms with Crippen LogP contribution in [0.15, 0.2) is 18.2 Å². The van der Waals surface area contributed by atoms with Crippen molar-refractivity contribution < 1.29 is 18.3 Å². The summed E-state index contributed by atoms with van der Waals surface area (Å²) in [6.45, 7) is 4.53. The van der Waals surface area contributed by atoms with Crippen LogP contribution in [0.25, 0.3) is 0 Å². The lowest BCUT2D eigenvalue weighted by atomic mass is 10.1. The lowest BCUT2D eigenvalue weighted by molar-refractivity contribution is -0.137. The summed E-state index contributed by atoms with van der Waals surface area (Å²) in [6.07, 6.45) is -2.64. The highest BCUT2D eigenvalue weighted by atomic mass is 19.4. The number of halogens is 3. The number of β-amino-alcohol motifs (C(OH)–C–C–N with tert-alkyl or cyclic N) is 1. The van der Waals surface area contributed by atoms with E-state index in [-0.39, 0.29) is 6.54 Å². The first-order valence-corrected chi connectivity index (χ1v) is 7.18. The first kappa shape index (κ1) is 16.1. The highest BCUT2D eigenvalue weighted by Gasteiger charge is 2.30. The van der Waals surface area contributed by atoms with Gasteiger partial charge in [-0.15, -0.1) is 0 Å². The summed E-state index contributed by atoms with van der Waals surface area (Å²) in [4.78, 5) is 2.17. The van der Waals surface area contributed by atoms with E-state index >= 15 is 0 Å². The normalized spacial score (nSPS) is 18.0. The standard InChI is InChI=1S/C15H21F3N2O/c1-11-4-5-12(15(16,17)18)8-14(11)19-9-13(21)10-20-6-2-3-7-20/h4-5,8,13,19,21H,2-3,6-7,9-10H2,1H3. The van der Waals surface area contributed by atoms with Crippen LogP contribution in [0.3, 0.4) is 0 Å². The number of aliphatic hydroxyl groups excluding tert-OH is 1. The number of benzene rings is 1. The van der Waals surface area contributed by atoms with E-state index in [2.05, 4.69) is 10.2 Å². The smallest absolute Gasteiger partial charge is 0.390 e. The van der Waals surface area contributed by atoms with Crippen molar-refractivity contribution in [2.75, 3.05) is 31.5 Å². The Bertz CT molecular complexity index is 470. The molecule has 1 fully saturated rings. The second-order valence-electron chi connectivity index (χ2n) is 5.57. The van der Waals surface area contributed by atoms with E-state index in [1.165, 1.54) is 6.07 Å². The molecule has 1 saturated heterocycles. The zero-order valence-corrected chi connectivity index (χ0v) is 12.1. The highest BCUT2D eigenvalue weighted by Crippen LogP contribution is 2.32. The van der Waals surface area contributed by atoms with E-state index < -0.39 is 17.8 Å². The van der Waals surface area contributed by atoms with Gasteiger partial charge in [0.1, 0.15) is 0 Å². The number of nitrogens with one attached hydrogen (secondary N) is 1. The number of aryl methyl sites for hydroxylation is 1. The molecule has 0 bridgehead atoms. The summed E-state index contributed by atoms with van der Waals surface area (Å²) in [5.41, 5.74) is 0.478. The van der Waals surface area contributed by atoms with Crippen LogP contribution in [-0.2, 0) is 6.18 Å². The zero-order chi connectivity index (χ0) is 15.5. The van der Waals surface area contributed by atoms with Gasteiger partial charge in [0.05, 0.1) is 11.7 Å². The molecule has 1 heterocycles. The number of nitrogens with zero attached hydrogens (tertiary/aromatic N) is 1. The highest BCUT2D eigenvalue weighted by molar-refractivity contribution is 5.53. The van der Waals surface area contributed by atoms with Crippen molar-refractivity contribution in [2.45, 2.75) is 32.0 Å². The first-order valence-electron chi connectivity index (χ1n) is 7.18. The molecule has 1 aromatic carbocycles. The Hall–Kier alpha value is -1.27. The Morgan fingerprint density at radius 1 is 1.29 bits per heavy atom. The second-order valence-corrected chi connectivity index (χ2v) is 5.57. The van der Waals surface area contributed by atoms with Gasteiger partial charge in [-0.1, -0.05) is 6.07 Å². The van der Waals surface area contributed by atoms with Crippen molar-refractivity contribution in [3.05, 3.63) is 29.3 Å². The average molecular weight is 302 g/mol. The molecule has 2 rings (SSSR count). The summed E-state index contributed by atoms with van der Waals surface area (Å²) in [5.74, 6) is 0. The van der Waals surface area contributed by atoms with Crippen LogP contribution < -0.4 is 5.32 Å². The van der Waals surface area contributed by atoms with Crippen molar-refractivity contribution in [1.82, 2.24) is 4.90 Å². The fraction of sp³-hybridized carbons (Fsp3) is 0.600. The maximum absolute atomic E-state index is 12.7. The minimum atomic E-state index is -4.35. The molecule has 0 saturated carbocycles. The van der Waals surface area contributed by atoms with Crippen LogP contribution in [0.2, 0.25) is 0 Å². The van der Waals surface area contributed by atoms with Crippen LogP contribution in [0.4, 0.5) is 18.9 Å². The van der Waals surface area contributed by atoms with Crippen molar-refractivity contribution in [3.8, 4) is 0 Å². The van der Waals surface area contributed by atoms with E-state index in [1.54, 1.807) is 6.92 Å². The van der Waals surface area contributed by atoms with E-state index in [0.29, 0.717) is 12.2 Å². The molecule has 1 unspecified atom stereocenters. The van der Waals surface area contributed by atoms with Gasteiger partial charge in [-0.3, -0.25) is 0 Å². The van der Waals surface area contributed by atoms with Crippen LogP contribution in [0.1, 0.15) is 24.0 Å². The number of likely N-dealkylation sites (tertiary alicyclic amines) is 1. The number of rotatable bonds is 5. The number of hydrogen-bond donors (Lipinski definition) is 2. The van der Waals surface area contributed by atoms with Gasteiger partial charge < -0.3 is 15.3 Å². The summed E-state index contributed by atoms with van der Waals surface area (Å²) in [5, 5.41) is 12.9. The van der Waals surface area contributed by atoms with E-state index in [9.17, 15) is 18.3 Å². The molecule has 0 spiro atoms. The van der Waals surface area contributed by atoms with Gasteiger partial charge in [0.2, 0.25) is 0 Å². The Labute approximate surface area is 122 Å². The van der Waals surface area contributed by atoms with Gasteiger partial charge in [-0.25, -0.2) is 0 Å². The van der Waals surface area contributed by atoms with Crippen LogP contribution in [0.5, 0.6) is 0 Å². The Balaban J connectivity index is 1.92. The van der Waals surface area contributed by atoms with Crippen molar-refractivity contribution in [1.29, 1.82) is 0 Å². The van der Waals surface area contributed by atoms with Gasteiger partial charge in [0.15, 0.2) is 0 Å². The third-order valence-corrected chi connectivity index (χ3v) is 3.76. The van der Waals surface area contributed by atoms with E-state index in [4.69, 9.17) is 0 Å². The molecule has 0 radical (unpaired) electrons. The van der Waals surface area contributed by atoms with Gasteiger partial charge in [-0.2, -0.15) is 13.2 Å². The maximum atomic E-state index is 12.7. The number of anilines is 1. The topological polar surface area (TPSA) is 35.5 Å². The molecule has 1 aliphatic heterocycles. The molecule has 3 nitrogen and oxygen atoms in total. The predicted octanol–water partition coefficient (Wildman–Crippen LogP) is 2.88. The fourth-order valence-electron chi connectivity index (χ4n) is 2.54. The fourth-order valence-corrected chi connectivity index (χ4v) is 2.54. The van der Waals surface area contributed by atoms with Crippen molar-refractivity contribution in [3.63, 3.8) is 0 Å². The zero-order valence-electron chi connectivity index (χ0n) is 12.1. The third kappa shape index (κ3) is 4.61. The predicted molar refractivity (Wildman–Crippen MR) is 76.4 cm³/mol. The maximum Gasteiger partial charge on any atom is 0.416 e. The SMILES string of the molecule is Cc1ccc(C(F)(F)F)cc1NCC(O)CN1CCCC1. The molecule has 0 aliphatic carbocycles. The van der Waals surface area contributed by atoms with Gasteiger partial charge in [0.25, 0.3) is 0 Å². The molecule has 2 N–H and O–H groups in total. The summed E-state index contributed by atoms with van der Waals surface area (Å²) in [7, 11) is 0. The van der Waals surface area contributed by atoms with Crippen LogP contribution >= 0.6 is 0 Å². The van der Waals surface area contributed by atoms with Crippen molar-refractivity contribution in [2.24, 2.45) is 0 Å². The second kappa shape index (κ2) is 6.66. The number of alkyl halides is 3. The van der Waals surface area contributed by atoms with Crippen LogP contribution in [0, 0.1) is 6.92 Å². The largest absolute Gasteiger partial charge is 0.416 e. The molecule has 6 heteroatoms. The molecular weight excluding hydrogens is 281 g/mol. The third-order valence-electron chi connectivity index (χ3n) is 3.76. The molecular formula is C15H21F3N2O. The van der Waals surface area contributed by atoms with Gasteiger partial charge in [0, 0.05) is 18.8 Å².